The lowest BCUT2D eigenvalue weighted by Gasteiger charge is -2.34. The third-order valence-electron chi connectivity index (χ3n) is 5.14. The van der Waals surface area contributed by atoms with Crippen molar-refractivity contribution in [3.05, 3.63) is 46.7 Å². The number of hydrogen-bond donors (Lipinski definition) is 2. The van der Waals surface area contributed by atoms with Crippen molar-refractivity contribution in [1.82, 2.24) is 10.2 Å². The molecule has 5 nitrogen and oxygen atoms in total. The van der Waals surface area contributed by atoms with Crippen molar-refractivity contribution in [2.24, 2.45) is 0 Å². The number of benzene rings is 2. The van der Waals surface area contributed by atoms with E-state index in [1.54, 1.807) is 24.3 Å². The molecule has 2 aliphatic rings. The zero-order chi connectivity index (χ0) is 20.8. The second-order valence-electron chi connectivity index (χ2n) is 8.51. The van der Waals surface area contributed by atoms with Gasteiger partial charge < -0.3 is 20.3 Å². The maximum Gasteiger partial charge on any atom is 0.260 e. The highest BCUT2D eigenvalue weighted by Crippen LogP contribution is 2.45. The average Bonchev–Trinajstić information content (AvgIpc) is 2.81. The van der Waals surface area contributed by atoms with Gasteiger partial charge in [0.05, 0.1) is 16.8 Å². The van der Waals surface area contributed by atoms with Gasteiger partial charge in [0.2, 0.25) is 0 Å². The Morgan fingerprint density at radius 2 is 2.03 bits per heavy atom. The summed E-state index contributed by atoms with van der Waals surface area (Å²) in [6.45, 7) is 8.36. The third-order valence-corrected chi connectivity index (χ3v) is 5.51. The van der Waals surface area contributed by atoms with Crippen LogP contribution in [0, 0.1) is 5.82 Å². The molecule has 2 aromatic carbocycles. The SMILES string of the molecule is CC(C)(C)Nc1cc(-c2ccccc2F)c(Cl)c2c1C(=O)N1CCNC[C@@H]1CO2. The van der Waals surface area contributed by atoms with Crippen LogP contribution in [0.25, 0.3) is 11.1 Å². The summed E-state index contributed by atoms with van der Waals surface area (Å²) >= 11 is 6.71. The Morgan fingerprint density at radius 3 is 2.76 bits per heavy atom. The van der Waals surface area contributed by atoms with Crippen LogP contribution in [0.5, 0.6) is 5.75 Å². The van der Waals surface area contributed by atoms with Gasteiger partial charge in [-0.05, 0) is 32.9 Å². The van der Waals surface area contributed by atoms with Gasteiger partial charge in [-0.15, -0.1) is 0 Å². The Hall–Kier alpha value is -2.31. The molecule has 2 heterocycles. The molecule has 0 unspecified atom stereocenters. The Balaban J connectivity index is 1.93. The number of hydrogen-bond acceptors (Lipinski definition) is 4. The van der Waals surface area contributed by atoms with Crippen molar-refractivity contribution in [2.75, 3.05) is 31.6 Å². The van der Waals surface area contributed by atoms with Crippen LogP contribution < -0.4 is 15.4 Å². The number of ether oxygens (including phenoxy) is 1. The Labute approximate surface area is 175 Å². The largest absolute Gasteiger partial charge is 0.489 e. The monoisotopic (exact) mass is 417 g/mol. The van der Waals surface area contributed by atoms with Gasteiger partial charge in [-0.25, -0.2) is 4.39 Å². The molecule has 29 heavy (non-hydrogen) atoms. The molecule has 2 aromatic rings. The van der Waals surface area contributed by atoms with E-state index in [0.717, 1.165) is 6.54 Å². The first-order valence-corrected chi connectivity index (χ1v) is 10.2. The van der Waals surface area contributed by atoms with Crippen molar-refractivity contribution in [3.63, 3.8) is 0 Å². The van der Waals surface area contributed by atoms with Gasteiger partial charge in [-0.3, -0.25) is 4.79 Å². The predicted octanol–water partition coefficient (Wildman–Crippen LogP) is 4.16. The number of rotatable bonds is 2. The van der Waals surface area contributed by atoms with Crippen LogP contribution >= 0.6 is 11.6 Å². The first-order valence-electron chi connectivity index (χ1n) is 9.80. The lowest BCUT2D eigenvalue weighted by atomic mass is 9.98. The molecule has 1 fully saturated rings. The van der Waals surface area contributed by atoms with Crippen LogP contribution in [0.2, 0.25) is 5.02 Å². The molecule has 154 valence electrons. The topological polar surface area (TPSA) is 53.6 Å². The summed E-state index contributed by atoms with van der Waals surface area (Å²) in [6.07, 6.45) is 0. The fraction of sp³-hybridized carbons (Fsp3) is 0.409. The number of carbonyl (C=O) groups excluding carboxylic acids is 1. The second kappa shape index (κ2) is 7.50. The minimum Gasteiger partial charge on any atom is -0.489 e. The smallest absolute Gasteiger partial charge is 0.260 e. The maximum absolute atomic E-state index is 14.6. The zero-order valence-electron chi connectivity index (χ0n) is 16.8. The van der Waals surface area contributed by atoms with Gasteiger partial charge in [0.25, 0.3) is 5.91 Å². The van der Waals surface area contributed by atoms with Gasteiger partial charge >= 0.3 is 0 Å². The molecule has 1 saturated heterocycles. The minimum absolute atomic E-state index is 0.0703. The Morgan fingerprint density at radius 1 is 1.28 bits per heavy atom. The molecule has 2 N–H and O–H groups in total. The number of piperazine rings is 1. The lowest BCUT2D eigenvalue weighted by molar-refractivity contribution is 0.0607. The number of nitrogens with zero attached hydrogens (tertiary/aromatic N) is 1. The first-order chi connectivity index (χ1) is 13.8. The van der Waals surface area contributed by atoms with Crippen LogP contribution in [0.3, 0.4) is 0 Å². The van der Waals surface area contributed by atoms with E-state index in [4.69, 9.17) is 16.3 Å². The lowest BCUT2D eigenvalue weighted by Crippen LogP contribution is -2.54. The fourth-order valence-electron chi connectivity index (χ4n) is 3.86. The van der Waals surface area contributed by atoms with Crippen molar-refractivity contribution in [1.29, 1.82) is 0 Å². The molecule has 0 spiro atoms. The first kappa shape index (κ1) is 20.0. The van der Waals surface area contributed by atoms with Gasteiger partial charge in [-0.2, -0.15) is 0 Å². The Kier molecular flexibility index (Phi) is 5.17. The molecule has 1 atom stereocenters. The van der Waals surface area contributed by atoms with E-state index in [-0.39, 0.29) is 28.3 Å². The Bertz CT molecular complexity index is 958. The normalized spacial score (nSPS) is 19.1. The fourth-order valence-corrected chi connectivity index (χ4v) is 4.17. The summed E-state index contributed by atoms with van der Waals surface area (Å²) in [5.74, 6) is -0.172. The molecule has 0 radical (unpaired) electrons. The van der Waals surface area contributed by atoms with E-state index in [1.807, 2.05) is 25.7 Å². The molecular weight excluding hydrogens is 393 g/mol. The number of anilines is 1. The third kappa shape index (κ3) is 3.79. The molecule has 7 heteroatoms. The summed E-state index contributed by atoms with van der Waals surface area (Å²) in [6, 6.07) is 8.15. The summed E-state index contributed by atoms with van der Waals surface area (Å²) < 4.78 is 20.6. The molecule has 2 aliphatic heterocycles. The quantitative estimate of drug-likeness (QED) is 0.770. The van der Waals surface area contributed by atoms with Crippen molar-refractivity contribution < 1.29 is 13.9 Å². The number of amides is 1. The highest BCUT2D eigenvalue weighted by Gasteiger charge is 2.37. The number of carbonyl (C=O) groups is 1. The highest BCUT2D eigenvalue weighted by molar-refractivity contribution is 6.36. The summed E-state index contributed by atoms with van der Waals surface area (Å²) in [5.41, 5.74) is 1.57. The molecule has 0 bridgehead atoms. The summed E-state index contributed by atoms with van der Waals surface area (Å²) in [7, 11) is 0. The molecular formula is C22H25ClFN3O2. The van der Waals surface area contributed by atoms with Crippen LogP contribution in [-0.2, 0) is 0 Å². The predicted molar refractivity (Wildman–Crippen MR) is 113 cm³/mol. The number of halogens is 2. The van der Waals surface area contributed by atoms with E-state index >= 15 is 0 Å². The highest BCUT2D eigenvalue weighted by atomic mass is 35.5. The molecule has 4 rings (SSSR count). The van der Waals surface area contributed by atoms with Crippen LogP contribution in [0.4, 0.5) is 10.1 Å². The molecule has 0 aromatic heterocycles. The number of fused-ring (bicyclic) bond motifs is 2. The van der Waals surface area contributed by atoms with E-state index in [9.17, 15) is 9.18 Å². The van der Waals surface area contributed by atoms with Crippen molar-refractivity contribution in [3.8, 4) is 16.9 Å². The average molecular weight is 418 g/mol. The molecule has 1 amide bonds. The van der Waals surface area contributed by atoms with E-state index in [2.05, 4.69) is 10.6 Å². The van der Waals surface area contributed by atoms with E-state index in [0.29, 0.717) is 47.8 Å². The standard InChI is InChI=1S/C22H25ClFN3O2/c1-22(2,3)26-17-10-15(14-6-4-5-7-16(14)24)19(23)20-18(17)21(28)27-9-8-25-11-13(27)12-29-20/h4-7,10,13,25-26H,8-9,11-12H2,1-3H3/t13-/m1/s1. The van der Waals surface area contributed by atoms with Crippen molar-refractivity contribution in [2.45, 2.75) is 32.4 Å². The van der Waals surface area contributed by atoms with Gasteiger partial charge in [0.15, 0.2) is 5.75 Å². The van der Waals surface area contributed by atoms with Crippen molar-refractivity contribution >= 4 is 23.2 Å². The maximum atomic E-state index is 14.6. The minimum atomic E-state index is -0.377. The van der Waals surface area contributed by atoms with E-state index in [1.165, 1.54) is 6.07 Å². The van der Waals surface area contributed by atoms with E-state index < -0.39 is 0 Å². The summed E-state index contributed by atoms with van der Waals surface area (Å²) in [4.78, 5) is 15.3. The summed E-state index contributed by atoms with van der Waals surface area (Å²) in [5, 5.41) is 6.95. The zero-order valence-corrected chi connectivity index (χ0v) is 17.6. The van der Waals surface area contributed by atoms with Gasteiger partial charge in [-0.1, -0.05) is 29.8 Å². The van der Waals surface area contributed by atoms with Crippen LogP contribution in [-0.4, -0.2) is 48.6 Å². The molecule has 0 saturated carbocycles. The van der Waals surface area contributed by atoms with Crippen LogP contribution in [0.1, 0.15) is 31.1 Å². The van der Waals surface area contributed by atoms with Gasteiger partial charge in [0, 0.05) is 36.3 Å². The van der Waals surface area contributed by atoms with Gasteiger partial charge in [0.1, 0.15) is 18.0 Å². The second-order valence-corrected chi connectivity index (χ2v) is 8.89. The van der Waals surface area contributed by atoms with Crippen LogP contribution in [0.15, 0.2) is 30.3 Å². The number of nitrogens with one attached hydrogen (secondary N) is 2. The molecule has 0 aliphatic carbocycles.